The molecule has 2 aliphatic heterocycles. The van der Waals surface area contributed by atoms with Crippen LogP contribution in [0.2, 0.25) is 0 Å². The lowest BCUT2D eigenvalue weighted by Gasteiger charge is -2.38. The molecule has 0 saturated carbocycles. The van der Waals surface area contributed by atoms with Crippen molar-refractivity contribution in [1.29, 1.82) is 0 Å². The van der Waals surface area contributed by atoms with E-state index >= 15 is 0 Å². The summed E-state index contributed by atoms with van der Waals surface area (Å²) < 4.78 is 15.5. The van der Waals surface area contributed by atoms with Gasteiger partial charge in [-0.1, -0.05) is 20.3 Å². The number of hydrogen-bond donors (Lipinski definition) is 0. The first-order valence-corrected chi connectivity index (χ1v) is 10.00. The predicted octanol–water partition coefficient (Wildman–Crippen LogP) is 2.32. The smallest absolute Gasteiger partial charge is 0.332 e. The maximum absolute atomic E-state index is 12.8. The van der Waals surface area contributed by atoms with E-state index in [1.165, 1.54) is 18.7 Å². The number of esters is 2. The molecule has 0 aromatic carbocycles. The van der Waals surface area contributed by atoms with Crippen molar-refractivity contribution < 1.29 is 28.6 Å². The van der Waals surface area contributed by atoms with Gasteiger partial charge in [0.1, 0.15) is 12.6 Å². The van der Waals surface area contributed by atoms with E-state index in [-0.39, 0.29) is 17.9 Å². The molecular weight excluding hydrogens is 358 g/mol. The monoisotopic (exact) mass is 387 g/mol. The molecule has 2 rings (SSSR count). The summed E-state index contributed by atoms with van der Waals surface area (Å²) in [6, 6.07) is -0.780. The number of hydrogen-bond acceptors (Lipinski definition) is 7. The molecule has 2 fully saturated rings. The largest absolute Gasteiger partial charge is 0.464 e. The topological polar surface area (TPSA) is 82.1 Å². The summed E-state index contributed by atoms with van der Waals surface area (Å²) in [5, 5.41) is -0.0681. The number of nitrogens with zero attached hydrogens (tertiary/aromatic N) is 1. The molecule has 148 valence electrons. The number of carbonyl (C=O) groups is 3. The summed E-state index contributed by atoms with van der Waals surface area (Å²) >= 11 is 1.48. The molecule has 2 saturated heterocycles. The van der Waals surface area contributed by atoms with E-state index in [1.807, 2.05) is 6.92 Å². The first kappa shape index (κ1) is 21.0. The first-order valence-electron chi connectivity index (χ1n) is 9.12. The fraction of sp³-hybridized carbons (Fsp3) is 0.833. The highest BCUT2D eigenvalue weighted by molar-refractivity contribution is 8.01. The molecule has 0 radical (unpaired) electrons. The van der Waals surface area contributed by atoms with Crippen LogP contribution in [0.25, 0.3) is 0 Å². The van der Waals surface area contributed by atoms with Crippen LogP contribution < -0.4 is 0 Å². The van der Waals surface area contributed by atoms with Crippen molar-refractivity contribution in [3.05, 3.63) is 0 Å². The Morgan fingerprint density at radius 1 is 1.38 bits per heavy atom. The third kappa shape index (κ3) is 4.71. The van der Waals surface area contributed by atoms with Crippen LogP contribution in [-0.4, -0.2) is 58.4 Å². The quantitative estimate of drug-likeness (QED) is 0.341. The molecule has 5 unspecified atom stereocenters. The molecule has 5 atom stereocenters. The SMILES string of the molecule is CCCC(C)COC(C)OC(=O)C1N2C(=O)CC2SC1(C)COC(C)=O. The van der Waals surface area contributed by atoms with Gasteiger partial charge in [-0.25, -0.2) is 4.79 Å². The van der Waals surface area contributed by atoms with Gasteiger partial charge >= 0.3 is 11.9 Å². The standard InChI is InChI=1S/C18H29NO6S/c1-6-7-11(2)9-23-13(4)25-17(22)16-18(5,10-24-12(3)20)26-15-8-14(21)19(15)16/h11,13,15-16H,6-10H2,1-5H3. The van der Waals surface area contributed by atoms with Crippen molar-refractivity contribution in [2.45, 2.75) is 76.3 Å². The molecule has 0 N–H and O–H groups in total. The molecule has 26 heavy (non-hydrogen) atoms. The van der Waals surface area contributed by atoms with Crippen LogP contribution in [0.4, 0.5) is 0 Å². The zero-order valence-corrected chi connectivity index (χ0v) is 17.0. The van der Waals surface area contributed by atoms with Gasteiger partial charge in [0.15, 0.2) is 6.29 Å². The molecule has 7 nitrogen and oxygen atoms in total. The van der Waals surface area contributed by atoms with Gasteiger partial charge in [-0.3, -0.25) is 9.59 Å². The normalized spacial score (nSPS) is 29.6. The van der Waals surface area contributed by atoms with Crippen molar-refractivity contribution in [1.82, 2.24) is 4.90 Å². The van der Waals surface area contributed by atoms with Crippen molar-refractivity contribution >= 4 is 29.6 Å². The van der Waals surface area contributed by atoms with Gasteiger partial charge in [-0.2, -0.15) is 0 Å². The second-order valence-electron chi connectivity index (χ2n) is 7.30. The van der Waals surface area contributed by atoms with Crippen LogP contribution in [0.3, 0.4) is 0 Å². The van der Waals surface area contributed by atoms with E-state index in [0.717, 1.165) is 12.8 Å². The van der Waals surface area contributed by atoms with Crippen LogP contribution in [0.15, 0.2) is 0 Å². The van der Waals surface area contributed by atoms with Crippen LogP contribution >= 0.6 is 11.8 Å². The van der Waals surface area contributed by atoms with Crippen LogP contribution in [0.1, 0.15) is 53.9 Å². The Morgan fingerprint density at radius 2 is 2.08 bits per heavy atom. The Kier molecular flexibility index (Phi) is 6.96. The van der Waals surface area contributed by atoms with Gasteiger partial charge in [0.2, 0.25) is 5.91 Å². The van der Waals surface area contributed by atoms with Gasteiger partial charge < -0.3 is 19.1 Å². The maximum atomic E-state index is 12.8. The summed E-state index contributed by atoms with van der Waals surface area (Å²) in [6.07, 6.45) is 1.82. The van der Waals surface area contributed by atoms with Crippen LogP contribution in [-0.2, 0) is 28.6 Å². The van der Waals surface area contributed by atoms with Crippen LogP contribution in [0, 0.1) is 5.92 Å². The molecule has 0 aromatic rings. The fourth-order valence-electron chi connectivity index (χ4n) is 3.34. The van der Waals surface area contributed by atoms with Crippen molar-refractivity contribution in [2.75, 3.05) is 13.2 Å². The molecule has 0 bridgehead atoms. The van der Waals surface area contributed by atoms with E-state index in [4.69, 9.17) is 14.2 Å². The lowest BCUT2D eigenvalue weighted by atomic mass is 9.97. The minimum absolute atomic E-state index is 0.0514. The summed E-state index contributed by atoms with van der Waals surface area (Å²) in [6.45, 7) is 9.59. The number of β-lactam (4-membered cyclic amide) rings is 1. The van der Waals surface area contributed by atoms with Crippen molar-refractivity contribution in [3.63, 3.8) is 0 Å². The van der Waals surface area contributed by atoms with E-state index in [1.54, 1.807) is 11.8 Å². The minimum atomic E-state index is -0.780. The second kappa shape index (κ2) is 8.61. The number of carbonyl (C=O) groups excluding carboxylic acids is 3. The number of thioether (sulfide) groups is 1. The van der Waals surface area contributed by atoms with E-state index in [0.29, 0.717) is 18.9 Å². The van der Waals surface area contributed by atoms with E-state index in [9.17, 15) is 14.4 Å². The highest BCUT2D eigenvalue weighted by atomic mass is 32.2. The van der Waals surface area contributed by atoms with Gasteiger partial charge in [-0.15, -0.1) is 11.8 Å². The molecule has 2 aliphatic rings. The summed E-state index contributed by atoms with van der Waals surface area (Å²) in [7, 11) is 0. The Hall–Kier alpha value is -1.28. The summed E-state index contributed by atoms with van der Waals surface area (Å²) in [4.78, 5) is 37.5. The average Bonchev–Trinajstić information content (AvgIpc) is 2.79. The van der Waals surface area contributed by atoms with Gasteiger partial charge in [-0.05, 0) is 26.2 Å². The molecule has 0 aromatic heterocycles. The zero-order valence-electron chi connectivity index (χ0n) is 16.1. The Labute approximate surface area is 159 Å². The third-order valence-electron chi connectivity index (χ3n) is 4.67. The highest BCUT2D eigenvalue weighted by Gasteiger charge is 2.61. The van der Waals surface area contributed by atoms with E-state index < -0.39 is 29.0 Å². The minimum Gasteiger partial charge on any atom is -0.464 e. The predicted molar refractivity (Wildman–Crippen MR) is 97.2 cm³/mol. The first-order chi connectivity index (χ1) is 12.2. The van der Waals surface area contributed by atoms with Crippen molar-refractivity contribution in [3.8, 4) is 0 Å². The lowest BCUT2D eigenvalue weighted by molar-refractivity contribution is -0.187. The molecule has 2 heterocycles. The maximum Gasteiger partial charge on any atom is 0.332 e. The summed E-state index contributed by atoms with van der Waals surface area (Å²) in [5.74, 6) is -0.626. The Morgan fingerprint density at radius 3 is 2.65 bits per heavy atom. The Bertz CT molecular complexity index is 556. The van der Waals surface area contributed by atoms with Gasteiger partial charge in [0, 0.05) is 6.92 Å². The molecule has 8 heteroatoms. The van der Waals surface area contributed by atoms with Crippen LogP contribution in [0.5, 0.6) is 0 Å². The number of rotatable bonds is 9. The highest BCUT2D eigenvalue weighted by Crippen LogP contribution is 2.51. The lowest BCUT2D eigenvalue weighted by Crippen LogP contribution is -2.59. The molecule has 0 spiro atoms. The van der Waals surface area contributed by atoms with Gasteiger partial charge in [0.05, 0.1) is 23.1 Å². The van der Waals surface area contributed by atoms with E-state index in [2.05, 4.69) is 13.8 Å². The molecule has 0 aliphatic carbocycles. The zero-order chi connectivity index (χ0) is 19.5. The number of amides is 1. The molecular formula is C18H29NO6S. The fourth-order valence-corrected chi connectivity index (χ4v) is 5.00. The third-order valence-corrected chi connectivity index (χ3v) is 6.22. The number of fused-ring (bicyclic) bond motifs is 1. The summed E-state index contributed by atoms with van der Waals surface area (Å²) in [5.41, 5.74) is 0. The average molecular weight is 387 g/mol. The molecule has 1 amide bonds. The number of ether oxygens (including phenoxy) is 3. The second-order valence-corrected chi connectivity index (χ2v) is 9.02. The van der Waals surface area contributed by atoms with Crippen molar-refractivity contribution in [2.24, 2.45) is 5.92 Å². The van der Waals surface area contributed by atoms with Gasteiger partial charge in [0.25, 0.3) is 0 Å². The Balaban J connectivity index is 1.98.